The summed E-state index contributed by atoms with van der Waals surface area (Å²) in [4.78, 5) is 0. The van der Waals surface area contributed by atoms with E-state index in [4.69, 9.17) is 14.2 Å². The van der Waals surface area contributed by atoms with Crippen LogP contribution in [0.15, 0.2) is 12.1 Å². The summed E-state index contributed by atoms with van der Waals surface area (Å²) in [6.45, 7) is 2.47. The normalized spacial score (nSPS) is 39.8. The molecule has 4 fully saturated rings. The minimum Gasteiger partial charge on any atom is -0.482 e. The molecule has 1 unspecified atom stereocenters. The quantitative estimate of drug-likeness (QED) is 0.833. The van der Waals surface area contributed by atoms with Crippen LogP contribution in [-0.4, -0.2) is 37.7 Å². The SMILES string of the molecule is N#Cc1ccc2c3c1O[C@H]1C4(CC[C@H]5[C@@H](C2)C(NCC2CCC2)CC[C@@]351)OCCO4. The molecule has 158 valence electrons. The van der Waals surface area contributed by atoms with E-state index >= 15 is 0 Å². The van der Waals surface area contributed by atoms with E-state index in [2.05, 4.69) is 17.5 Å². The highest BCUT2D eigenvalue weighted by molar-refractivity contribution is 5.61. The van der Waals surface area contributed by atoms with Gasteiger partial charge in [0.05, 0.1) is 18.8 Å². The van der Waals surface area contributed by atoms with Crippen molar-refractivity contribution < 1.29 is 14.2 Å². The first kappa shape index (κ1) is 18.0. The Morgan fingerprint density at radius 2 is 1.97 bits per heavy atom. The summed E-state index contributed by atoms with van der Waals surface area (Å²) in [5.41, 5.74) is 3.35. The van der Waals surface area contributed by atoms with E-state index in [0.29, 0.717) is 36.7 Å². The fourth-order valence-electron chi connectivity index (χ4n) is 7.98. The second-order valence-electron chi connectivity index (χ2n) is 10.5. The van der Waals surface area contributed by atoms with Crippen LogP contribution < -0.4 is 10.1 Å². The first-order chi connectivity index (χ1) is 14.7. The molecule has 2 bridgehead atoms. The summed E-state index contributed by atoms with van der Waals surface area (Å²) in [6, 6.07) is 7.16. The highest BCUT2D eigenvalue weighted by Gasteiger charge is 2.71. The Labute approximate surface area is 178 Å². The van der Waals surface area contributed by atoms with Crippen LogP contribution in [0.5, 0.6) is 5.75 Å². The molecule has 2 spiro atoms. The van der Waals surface area contributed by atoms with Crippen molar-refractivity contribution in [2.75, 3.05) is 19.8 Å². The highest BCUT2D eigenvalue weighted by Crippen LogP contribution is 2.67. The Hall–Kier alpha value is -1.61. The van der Waals surface area contributed by atoms with Gasteiger partial charge >= 0.3 is 0 Å². The number of hydrogen-bond donors (Lipinski definition) is 1. The molecule has 5 nitrogen and oxygen atoms in total. The maximum atomic E-state index is 9.78. The van der Waals surface area contributed by atoms with E-state index in [1.54, 1.807) is 0 Å². The Kier molecular flexibility index (Phi) is 3.73. The molecule has 5 atom stereocenters. The second-order valence-corrected chi connectivity index (χ2v) is 10.5. The van der Waals surface area contributed by atoms with Crippen LogP contribution in [0.2, 0.25) is 0 Å². The molecule has 7 rings (SSSR count). The molecule has 1 saturated heterocycles. The van der Waals surface area contributed by atoms with Crippen molar-refractivity contribution in [2.45, 2.75) is 74.7 Å². The molecule has 1 N–H and O–H groups in total. The highest BCUT2D eigenvalue weighted by atomic mass is 16.8. The molecular formula is C25H30N2O3. The first-order valence-electron chi connectivity index (χ1n) is 12.0. The third-order valence-corrected chi connectivity index (χ3v) is 9.43. The summed E-state index contributed by atoms with van der Waals surface area (Å²) in [7, 11) is 0. The molecule has 2 heterocycles. The van der Waals surface area contributed by atoms with Gasteiger partial charge in [0.2, 0.25) is 5.79 Å². The Morgan fingerprint density at radius 3 is 2.73 bits per heavy atom. The van der Waals surface area contributed by atoms with E-state index in [1.807, 2.05) is 6.07 Å². The number of nitriles is 1. The number of nitrogens with zero attached hydrogens (tertiary/aromatic N) is 1. The predicted molar refractivity (Wildman–Crippen MR) is 110 cm³/mol. The van der Waals surface area contributed by atoms with Gasteiger partial charge in [-0.25, -0.2) is 0 Å². The molecule has 3 saturated carbocycles. The monoisotopic (exact) mass is 406 g/mol. The van der Waals surface area contributed by atoms with Crippen LogP contribution in [-0.2, 0) is 21.3 Å². The van der Waals surface area contributed by atoms with Crippen molar-refractivity contribution in [1.29, 1.82) is 5.26 Å². The van der Waals surface area contributed by atoms with Crippen molar-refractivity contribution in [2.24, 2.45) is 17.8 Å². The van der Waals surface area contributed by atoms with Crippen molar-refractivity contribution >= 4 is 0 Å². The van der Waals surface area contributed by atoms with E-state index in [1.165, 1.54) is 43.4 Å². The van der Waals surface area contributed by atoms with Gasteiger partial charge in [-0.2, -0.15) is 5.26 Å². The number of ether oxygens (including phenoxy) is 3. The lowest BCUT2D eigenvalue weighted by molar-refractivity contribution is -0.260. The largest absolute Gasteiger partial charge is 0.482 e. The summed E-state index contributed by atoms with van der Waals surface area (Å²) in [5.74, 6) is 2.31. The lowest BCUT2D eigenvalue weighted by Gasteiger charge is -2.60. The standard InChI is InChI=1S/C25H30N2O3/c26-13-17-5-4-16-12-18-19-6-9-25(28-10-11-29-25)23-24(19,21(16)22(17)30-23)8-7-20(18)27-14-15-2-1-3-15/h4-5,15,18-20,23,27H,1-3,6-12,14H2/t18-,19+,20?,23-,24+/m1/s1. The van der Waals surface area contributed by atoms with Gasteiger partial charge in [0.1, 0.15) is 11.8 Å². The number of rotatable bonds is 3. The topological polar surface area (TPSA) is 63.5 Å². The Morgan fingerprint density at radius 1 is 1.10 bits per heavy atom. The molecule has 5 heteroatoms. The average Bonchev–Trinajstić information content (AvgIpc) is 3.33. The molecular weight excluding hydrogens is 376 g/mol. The van der Waals surface area contributed by atoms with E-state index in [-0.39, 0.29) is 11.5 Å². The predicted octanol–water partition coefficient (Wildman–Crippen LogP) is 3.43. The van der Waals surface area contributed by atoms with Crippen LogP contribution in [0.3, 0.4) is 0 Å². The lowest BCUT2D eigenvalue weighted by atomic mass is 9.46. The summed E-state index contributed by atoms with van der Waals surface area (Å²) in [5, 5.41) is 13.8. The van der Waals surface area contributed by atoms with Crippen LogP contribution in [0, 0.1) is 29.1 Å². The van der Waals surface area contributed by atoms with E-state index < -0.39 is 5.79 Å². The van der Waals surface area contributed by atoms with Gasteiger partial charge < -0.3 is 19.5 Å². The van der Waals surface area contributed by atoms with Gasteiger partial charge in [0, 0.05) is 23.4 Å². The molecule has 0 radical (unpaired) electrons. The van der Waals surface area contributed by atoms with Gasteiger partial charge in [-0.05, 0) is 74.5 Å². The fraction of sp³-hybridized carbons (Fsp3) is 0.720. The molecule has 2 aliphatic heterocycles. The average molecular weight is 407 g/mol. The molecule has 1 aromatic carbocycles. The zero-order chi connectivity index (χ0) is 19.9. The van der Waals surface area contributed by atoms with Gasteiger partial charge in [-0.3, -0.25) is 0 Å². The molecule has 0 amide bonds. The van der Waals surface area contributed by atoms with Gasteiger partial charge in [-0.15, -0.1) is 0 Å². The van der Waals surface area contributed by atoms with Gasteiger partial charge in [-0.1, -0.05) is 12.5 Å². The van der Waals surface area contributed by atoms with Crippen molar-refractivity contribution in [3.8, 4) is 11.8 Å². The molecule has 1 aromatic rings. The molecule has 0 aromatic heterocycles. The summed E-state index contributed by atoms with van der Waals surface area (Å²) >= 11 is 0. The van der Waals surface area contributed by atoms with Crippen molar-refractivity contribution in [3.05, 3.63) is 28.8 Å². The zero-order valence-electron chi connectivity index (χ0n) is 17.5. The van der Waals surface area contributed by atoms with Gasteiger partial charge in [0.15, 0.2) is 6.10 Å². The third-order valence-electron chi connectivity index (χ3n) is 9.43. The molecule has 30 heavy (non-hydrogen) atoms. The zero-order valence-corrected chi connectivity index (χ0v) is 17.5. The van der Waals surface area contributed by atoms with Crippen molar-refractivity contribution in [1.82, 2.24) is 5.32 Å². The minimum absolute atomic E-state index is 0.0579. The first-order valence-corrected chi connectivity index (χ1v) is 12.0. The second kappa shape index (κ2) is 6.22. The lowest BCUT2D eigenvalue weighted by Crippen LogP contribution is -2.68. The van der Waals surface area contributed by atoms with Gasteiger partial charge in [0.25, 0.3) is 0 Å². The van der Waals surface area contributed by atoms with Crippen LogP contribution in [0.4, 0.5) is 0 Å². The van der Waals surface area contributed by atoms with E-state index in [9.17, 15) is 5.26 Å². The number of nitrogens with one attached hydrogen (secondary N) is 1. The number of benzene rings is 1. The minimum atomic E-state index is -0.631. The van der Waals surface area contributed by atoms with Crippen LogP contribution in [0.1, 0.15) is 61.6 Å². The third kappa shape index (κ3) is 2.13. The maximum absolute atomic E-state index is 9.78. The summed E-state index contributed by atoms with van der Waals surface area (Å²) < 4.78 is 19.3. The van der Waals surface area contributed by atoms with Crippen LogP contribution >= 0.6 is 0 Å². The molecule has 4 aliphatic carbocycles. The van der Waals surface area contributed by atoms with E-state index in [0.717, 1.165) is 37.4 Å². The Balaban J connectivity index is 1.33. The number of hydrogen-bond acceptors (Lipinski definition) is 5. The smallest absolute Gasteiger partial charge is 0.206 e. The number of fused-ring (bicyclic) bond motifs is 1. The summed E-state index contributed by atoms with van der Waals surface area (Å²) in [6.07, 6.45) is 9.50. The van der Waals surface area contributed by atoms with Crippen LogP contribution in [0.25, 0.3) is 0 Å². The Bertz CT molecular complexity index is 929. The van der Waals surface area contributed by atoms with Crippen molar-refractivity contribution in [3.63, 3.8) is 0 Å². The fourth-order valence-corrected chi connectivity index (χ4v) is 7.98. The molecule has 6 aliphatic rings. The maximum Gasteiger partial charge on any atom is 0.206 e.